The van der Waals surface area contributed by atoms with Gasteiger partial charge in [-0.2, -0.15) is 0 Å². The molecule has 0 heterocycles. The zero-order valence-corrected chi connectivity index (χ0v) is 9.56. The summed E-state index contributed by atoms with van der Waals surface area (Å²) in [6.07, 6.45) is 5.42. The first-order valence-corrected chi connectivity index (χ1v) is 5.55. The van der Waals surface area contributed by atoms with Gasteiger partial charge in [0, 0.05) is 0 Å². The van der Waals surface area contributed by atoms with Gasteiger partial charge in [0.05, 0.1) is 5.60 Å². The second-order valence-corrected chi connectivity index (χ2v) is 6.02. The summed E-state index contributed by atoms with van der Waals surface area (Å²) >= 11 is 0. The molecule has 1 heteroatoms. The van der Waals surface area contributed by atoms with E-state index >= 15 is 0 Å². The second-order valence-electron chi connectivity index (χ2n) is 6.02. The van der Waals surface area contributed by atoms with Gasteiger partial charge in [0.2, 0.25) is 0 Å². The lowest BCUT2D eigenvalue weighted by Gasteiger charge is -2.42. The molecule has 1 aliphatic carbocycles. The van der Waals surface area contributed by atoms with Crippen LogP contribution in [0.1, 0.15) is 59.8 Å². The van der Waals surface area contributed by atoms with Crippen LogP contribution in [0.2, 0.25) is 0 Å². The topological polar surface area (TPSA) is 20.2 Å². The molecule has 0 bridgehead atoms. The molecule has 78 valence electrons. The Balaban J connectivity index is 2.58. The van der Waals surface area contributed by atoms with E-state index in [1.165, 1.54) is 12.8 Å². The summed E-state index contributed by atoms with van der Waals surface area (Å²) in [6, 6.07) is 0. The van der Waals surface area contributed by atoms with Gasteiger partial charge in [-0.25, -0.2) is 0 Å². The minimum absolute atomic E-state index is 0.349. The van der Waals surface area contributed by atoms with Crippen molar-refractivity contribution in [3.8, 4) is 0 Å². The summed E-state index contributed by atoms with van der Waals surface area (Å²) in [4.78, 5) is 0. The molecule has 13 heavy (non-hydrogen) atoms. The number of hydrogen-bond acceptors (Lipinski definition) is 1. The molecule has 1 unspecified atom stereocenters. The Bertz CT molecular complexity index is 172. The zero-order valence-electron chi connectivity index (χ0n) is 9.56. The fraction of sp³-hybridized carbons (Fsp3) is 1.00. The Hall–Kier alpha value is -0.0400. The van der Waals surface area contributed by atoms with Crippen LogP contribution in [0.25, 0.3) is 0 Å². The van der Waals surface area contributed by atoms with Crippen LogP contribution in [0, 0.1) is 11.3 Å². The highest BCUT2D eigenvalue weighted by molar-refractivity contribution is 4.90. The molecule has 0 amide bonds. The summed E-state index contributed by atoms with van der Waals surface area (Å²) in [6.45, 7) is 8.94. The van der Waals surface area contributed by atoms with E-state index in [1.807, 2.05) is 0 Å². The van der Waals surface area contributed by atoms with Gasteiger partial charge < -0.3 is 5.11 Å². The van der Waals surface area contributed by atoms with E-state index in [9.17, 15) is 5.11 Å². The van der Waals surface area contributed by atoms with Crippen LogP contribution in [-0.4, -0.2) is 10.7 Å². The predicted octanol–water partition coefficient (Wildman–Crippen LogP) is 3.36. The predicted molar refractivity (Wildman–Crippen MR) is 56.7 cm³/mol. The molecule has 0 aliphatic heterocycles. The number of rotatable bonds is 2. The summed E-state index contributed by atoms with van der Waals surface area (Å²) < 4.78 is 0. The van der Waals surface area contributed by atoms with Crippen molar-refractivity contribution in [2.45, 2.75) is 65.4 Å². The molecule has 0 spiro atoms. The number of hydrogen-bond donors (Lipinski definition) is 1. The highest BCUT2D eigenvalue weighted by atomic mass is 16.3. The van der Waals surface area contributed by atoms with Crippen LogP contribution in [0.5, 0.6) is 0 Å². The third kappa shape index (κ3) is 3.30. The standard InChI is InChI=1S/C12H24O/c1-10(2)8-12(13)7-5-6-11(3,4)9-12/h10,13H,5-9H2,1-4H3. The molecule has 1 aliphatic rings. The first kappa shape index (κ1) is 11.0. The minimum Gasteiger partial charge on any atom is -0.390 e. The van der Waals surface area contributed by atoms with Gasteiger partial charge in [-0.05, 0) is 37.0 Å². The van der Waals surface area contributed by atoms with Gasteiger partial charge in [-0.15, -0.1) is 0 Å². The average Bonchev–Trinajstić information content (AvgIpc) is 1.79. The summed E-state index contributed by atoms with van der Waals surface area (Å²) in [5, 5.41) is 10.4. The van der Waals surface area contributed by atoms with Crippen molar-refractivity contribution in [3.63, 3.8) is 0 Å². The van der Waals surface area contributed by atoms with Gasteiger partial charge in [0.15, 0.2) is 0 Å². The van der Waals surface area contributed by atoms with Crippen molar-refractivity contribution >= 4 is 0 Å². The molecule has 1 atom stereocenters. The highest BCUT2D eigenvalue weighted by Crippen LogP contribution is 2.43. The molecule has 0 aromatic rings. The van der Waals surface area contributed by atoms with E-state index in [2.05, 4.69) is 27.7 Å². The second kappa shape index (κ2) is 3.61. The molecule has 1 nitrogen and oxygen atoms in total. The SMILES string of the molecule is CC(C)CC1(O)CCCC(C)(C)C1. The minimum atomic E-state index is -0.365. The van der Waals surface area contributed by atoms with Crippen molar-refractivity contribution in [2.24, 2.45) is 11.3 Å². The highest BCUT2D eigenvalue weighted by Gasteiger charge is 2.38. The monoisotopic (exact) mass is 184 g/mol. The van der Waals surface area contributed by atoms with E-state index in [4.69, 9.17) is 0 Å². The van der Waals surface area contributed by atoms with Gasteiger partial charge in [0.25, 0.3) is 0 Å². The van der Waals surface area contributed by atoms with Gasteiger partial charge in [-0.3, -0.25) is 0 Å². The van der Waals surface area contributed by atoms with E-state index in [1.54, 1.807) is 0 Å². The fourth-order valence-electron chi connectivity index (χ4n) is 2.90. The van der Waals surface area contributed by atoms with Crippen LogP contribution in [0.3, 0.4) is 0 Å². The molecule has 0 radical (unpaired) electrons. The van der Waals surface area contributed by atoms with Gasteiger partial charge >= 0.3 is 0 Å². The fourth-order valence-corrected chi connectivity index (χ4v) is 2.90. The molecule has 1 fully saturated rings. The largest absolute Gasteiger partial charge is 0.390 e. The summed E-state index contributed by atoms with van der Waals surface area (Å²) in [7, 11) is 0. The molecule has 0 aromatic carbocycles. The van der Waals surface area contributed by atoms with Crippen molar-refractivity contribution in [3.05, 3.63) is 0 Å². The molecule has 1 N–H and O–H groups in total. The van der Waals surface area contributed by atoms with Gasteiger partial charge in [-0.1, -0.05) is 34.1 Å². The Morgan fingerprint density at radius 2 is 1.85 bits per heavy atom. The Morgan fingerprint density at radius 3 is 2.31 bits per heavy atom. The van der Waals surface area contributed by atoms with Crippen LogP contribution >= 0.6 is 0 Å². The van der Waals surface area contributed by atoms with Crippen LogP contribution in [-0.2, 0) is 0 Å². The van der Waals surface area contributed by atoms with E-state index in [0.29, 0.717) is 11.3 Å². The molecule has 0 saturated heterocycles. The van der Waals surface area contributed by atoms with Gasteiger partial charge in [0.1, 0.15) is 0 Å². The third-order valence-corrected chi connectivity index (χ3v) is 3.09. The van der Waals surface area contributed by atoms with Crippen molar-refractivity contribution in [1.29, 1.82) is 0 Å². The smallest absolute Gasteiger partial charge is 0.0655 e. The molecular weight excluding hydrogens is 160 g/mol. The number of aliphatic hydroxyl groups is 1. The zero-order chi connectivity index (χ0) is 10.1. The maximum atomic E-state index is 10.4. The quantitative estimate of drug-likeness (QED) is 0.697. The summed E-state index contributed by atoms with van der Waals surface area (Å²) in [5.41, 5.74) is -0.0161. The van der Waals surface area contributed by atoms with Crippen LogP contribution in [0.4, 0.5) is 0 Å². The lowest BCUT2D eigenvalue weighted by molar-refractivity contribution is -0.0529. The maximum absolute atomic E-state index is 10.4. The first-order chi connectivity index (χ1) is 5.83. The maximum Gasteiger partial charge on any atom is 0.0655 e. The van der Waals surface area contributed by atoms with E-state index in [-0.39, 0.29) is 5.60 Å². The van der Waals surface area contributed by atoms with Crippen molar-refractivity contribution < 1.29 is 5.11 Å². The molecular formula is C12H24O. The third-order valence-electron chi connectivity index (χ3n) is 3.09. The Morgan fingerprint density at radius 1 is 1.23 bits per heavy atom. The molecule has 1 saturated carbocycles. The van der Waals surface area contributed by atoms with Crippen molar-refractivity contribution in [1.82, 2.24) is 0 Å². The first-order valence-electron chi connectivity index (χ1n) is 5.55. The Kier molecular flexibility index (Phi) is 3.06. The molecule has 0 aromatic heterocycles. The lowest BCUT2D eigenvalue weighted by Crippen LogP contribution is -2.39. The summed E-state index contributed by atoms with van der Waals surface area (Å²) in [5.74, 6) is 0.610. The van der Waals surface area contributed by atoms with Crippen molar-refractivity contribution in [2.75, 3.05) is 0 Å². The Labute approximate surface area is 82.5 Å². The molecule has 1 rings (SSSR count). The lowest BCUT2D eigenvalue weighted by atomic mass is 9.67. The van der Waals surface area contributed by atoms with E-state index < -0.39 is 0 Å². The van der Waals surface area contributed by atoms with E-state index in [0.717, 1.165) is 19.3 Å². The van der Waals surface area contributed by atoms with Crippen LogP contribution in [0.15, 0.2) is 0 Å². The average molecular weight is 184 g/mol. The normalized spacial score (nSPS) is 33.7. The van der Waals surface area contributed by atoms with Crippen LogP contribution < -0.4 is 0 Å².